The molecule has 7 heteroatoms. The fraction of sp³-hybridized carbons (Fsp3) is 0.409. The molecule has 0 radical (unpaired) electrons. The Morgan fingerprint density at radius 3 is 2.14 bits per heavy atom. The molecule has 0 aromatic heterocycles. The van der Waals surface area contributed by atoms with Crippen molar-refractivity contribution in [2.75, 3.05) is 57.7 Å². The van der Waals surface area contributed by atoms with Crippen molar-refractivity contribution in [2.24, 2.45) is 0 Å². The molecule has 1 saturated heterocycles. The monoisotopic (exact) mass is 399 g/mol. The lowest BCUT2D eigenvalue weighted by molar-refractivity contribution is -0.120. The number of hydrogen-bond donors (Lipinski definition) is 1. The van der Waals surface area contributed by atoms with E-state index in [1.807, 2.05) is 25.1 Å². The van der Waals surface area contributed by atoms with Gasteiger partial charge in [0.1, 0.15) is 5.75 Å². The van der Waals surface area contributed by atoms with Crippen LogP contribution in [0.25, 0.3) is 0 Å². The number of carbonyl (C=O) groups excluding carboxylic acids is 1. The summed E-state index contributed by atoms with van der Waals surface area (Å²) in [5, 5.41) is 2.98. The number of benzene rings is 2. The second kappa shape index (κ2) is 9.52. The second-order valence-electron chi connectivity index (χ2n) is 6.96. The van der Waals surface area contributed by atoms with Crippen LogP contribution in [0.3, 0.4) is 0 Å². The summed E-state index contributed by atoms with van der Waals surface area (Å²) in [6.07, 6.45) is 0. The van der Waals surface area contributed by atoms with E-state index in [0.717, 1.165) is 31.9 Å². The summed E-state index contributed by atoms with van der Waals surface area (Å²) in [5.41, 5.74) is 1.87. The number of hydrogen-bond acceptors (Lipinski definition) is 6. The molecule has 0 saturated carbocycles. The topological polar surface area (TPSA) is 63.3 Å². The first-order valence-corrected chi connectivity index (χ1v) is 9.71. The first-order chi connectivity index (χ1) is 14.0. The number of nitrogens with zero attached hydrogens (tertiary/aromatic N) is 2. The van der Waals surface area contributed by atoms with Gasteiger partial charge in [-0.25, -0.2) is 0 Å². The molecule has 2 aromatic carbocycles. The molecule has 1 aliphatic heterocycles. The van der Waals surface area contributed by atoms with Gasteiger partial charge in [0.05, 0.1) is 27.4 Å². The summed E-state index contributed by atoms with van der Waals surface area (Å²) in [6.45, 7) is 5.35. The molecule has 1 amide bonds. The summed E-state index contributed by atoms with van der Waals surface area (Å²) < 4.78 is 15.8. The molecule has 7 nitrogen and oxygen atoms in total. The molecule has 156 valence electrons. The van der Waals surface area contributed by atoms with Crippen molar-refractivity contribution in [2.45, 2.75) is 13.0 Å². The first kappa shape index (κ1) is 20.8. The molecule has 1 heterocycles. The normalized spacial score (nSPS) is 15.5. The minimum absolute atomic E-state index is 0.0323. The number of nitrogens with one attached hydrogen (secondary N) is 1. The van der Waals surface area contributed by atoms with Crippen LogP contribution in [0.1, 0.15) is 6.92 Å². The van der Waals surface area contributed by atoms with Gasteiger partial charge in [0.15, 0.2) is 11.5 Å². The molecule has 1 aliphatic rings. The Morgan fingerprint density at radius 2 is 1.55 bits per heavy atom. The Kier molecular flexibility index (Phi) is 6.82. The summed E-state index contributed by atoms with van der Waals surface area (Å²) in [5.74, 6) is 2.04. The Morgan fingerprint density at radius 1 is 0.897 bits per heavy atom. The smallest absolute Gasteiger partial charge is 0.241 e. The van der Waals surface area contributed by atoms with Crippen LogP contribution in [-0.4, -0.2) is 64.4 Å². The number of rotatable bonds is 7. The summed E-state index contributed by atoms with van der Waals surface area (Å²) in [7, 11) is 4.83. The number of amides is 1. The van der Waals surface area contributed by atoms with Crippen LogP contribution in [-0.2, 0) is 4.79 Å². The molecule has 29 heavy (non-hydrogen) atoms. The highest BCUT2D eigenvalue weighted by Gasteiger charge is 2.26. The summed E-state index contributed by atoms with van der Waals surface area (Å²) in [6, 6.07) is 13.2. The van der Waals surface area contributed by atoms with Crippen LogP contribution in [0.15, 0.2) is 42.5 Å². The van der Waals surface area contributed by atoms with Crippen LogP contribution in [0.4, 0.5) is 11.4 Å². The molecule has 1 fully saturated rings. The number of anilines is 2. The molecular weight excluding hydrogens is 370 g/mol. The zero-order valence-electron chi connectivity index (χ0n) is 17.5. The molecule has 0 aliphatic carbocycles. The van der Waals surface area contributed by atoms with E-state index in [2.05, 4.69) is 27.2 Å². The van der Waals surface area contributed by atoms with E-state index in [0.29, 0.717) is 17.2 Å². The van der Waals surface area contributed by atoms with Gasteiger partial charge in [0.25, 0.3) is 0 Å². The van der Waals surface area contributed by atoms with E-state index in [4.69, 9.17) is 14.2 Å². The highest BCUT2D eigenvalue weighted by Crippen LogP contribution is 2.30. The van der Waals surface area contributed by atoms with Crippen molar-refractivity contribution in [1.29, 1.82) is 0 Å². The number of ether oxygens (including phenoxy) is 3. The van der Waals surface area contributed by atoms with Gasteiger partial charge in [-0.1, -0.05) is 0 Å². The molecule has 2 aromatic rings. The third-order valence-electron chi connectivity index (χ3n) is 5.33. The summed E-state index contributed by atoms with van der Waals surface area (Å²) >= 11 is 0. The minimum Gasteiger partial charge on any atom is -0.497 e. The Balaban J connectivity index is 1.55. The number of piperazine rings is 1. The number of carbonyl (C=O) groups is 1. The van der Waals surface area contributed by atoms with Gasteiger partial charge in [-0.15, -0.1) is 0 Å². The fourth-order valence-electron chi connectivity index (χ4n) is 3.49. The molecule has 1 atom stereocenters. The SMILES string of the molecule is COc1ccc(N2CCN([C@H](C)C(=O)Nc3ccc(OC)c(OC)c3)CC2)cc1. The first-order valence-electron chi connectivity index (χ1n) is 9.71. The molecular formula is C22H29N3O4. The highest BCUT2D eigenvalue weighted by molar-refractivity contribution is 5.94. The maximum Gasteiger partial charge on any atom is 0.241 e. The molecule has 0 unspecified atom stereocenters. The largest absolute Gasteiger partial charge is 0.497 e. The summed E-state index contributed by atoms with van der Waals surface area (Å²) in [4.78, 5) is 17.3. The van der Waals surface area contributed by atoms with Crippen LogP contribution >= 0.6 is 0 Å². The van der Waals surface area contributed by atoms with Crippen molar-refractivity contribution in [3.8, 4) is 17.2 Å². The maximum atomic E-state index is 12.7. The van der Waals surface area contributed by atoms with Crippen molar-refractivity contribution in [3.05, 3.63) is 42.5 Å². The molecule has 0 spiro atoms. The fourth-order valence-corrected chi connectivity index (χ4v) is 3.49. The van der Waals surface area contributed by atoms with Gasteiger partial charge >= 0.3 is 0 Å². The lowest BCUT2D eigenvalue weighted by atomic mass is 10.2. The van der Waals surface area contributed by atoms with Gasteiger partial charge in [-0.2, -0.15) is 0 Å². The Bertz CT molecular complexity index is 817. The average Bonchev–Trinajstić information content (AvgIpc) is 2.78. The van der Waals surface area contributed by atoms with Crippen LogP contribution < -0.4 is 24.4 Å². The van der Waals surface area contributed by atoms with Gasteiger partial charge in [-0.3, -0.25) is 9.69 Å². The van der Waals surface area contributed by atoms with E-state index >= 15 is 0 Å². The van der Waals surface area contributed by atoms with Crippen molar-refractivity contribution in [1.82, 2.24) is 4.90 Å². The zero-order valence-corrected chi connectivity index (χ0v) is 17.5. The van der Waals surface area contributed by atoms with Crippen molar-refractivity contribution >= 4 is 17.3 Å². The van der Waals surface area contributed by atoms with Crippen molar-refractivity contribution in [3.63, 3.8) is 0 Å². The predicted octanol–water partition coefficient (Wildman–Crippen LogP) is 2.86. The predicted molar refractivity (Wildman–Crippen MR) is 114 cm³/mol. The van der Waals surface area contributed by atoms with Crippen LogP contribution in [0, 0.1) is 0 Å². The zero-order chi connectivity index (χ0) is 20.8. The van der Waals surface area contributed by atoms with E-state index < -0.39 is 0 Å². The maximum absolute atomic E-state index is 12.7. The highest BCUT2D eigenvalue weighted by atomic mass is 16.5. The van der Waals surface area contributed by atoms with E-state index in [-0.39, 0.29) is 11.9 Å². The third-order valence-corrected chi connectivity index (χ3v) is 5.33. The van der Waals surface area contributed by atoms with Gasteiger partial charge in [0, 0.05) is 43.6 Å². The van der Waals surface area contributed by atoms with Gasteiger partial charge < -0.3 is 24.4 Å². The lowest BCUT2D eigenvalue weighted by Gasteiger charge is -2.38. The average molecular weight is 399 g/mol. The quantitative estimate of drug-likeness (QED) is 0.773. The molecule has 3 rings (SSSR count). The van der Waals surface area contributed by atoms with Gasteiger partial charge in [-0.05, 0) is 43.3 Å². The third kappa shape index (κ3) is 4.92. The standard InChI is InChI=1S/C22H29N3O4/c1-16(22(26)23-17-5-10-20(28-3)21(15-17)29-4)24-11-13-25(14-12-24)18-6-8-19(27-2)9-7-18/h5-10,15-16H,11-14H2,1-4H3,(H,23,26)/t16-/m1/s1. The van der Waals surface area contributed by atoms with E-state index in [1.165, 1.54) is 5.69 Å². The molecule has 0 bridgehead atoms. The van der Waals surface area contributed by atoms with Crippen LogP contribution in [0.5, 0.6) is 17.2 Å². The van der Waals surface area contributed by atoms with Crippen LogP contribution in [0.2, 0.25) is 0 Å². The number of methoxy groups -OCH3 is 3. The molecule has 1 N–H and O–H groups in total. The Hall–Kier alpha value is -2.93. The van der Waals surface area contributed by atoms with E-state index in [1.54, 1.807) is 33.5 Å². The van der Waals surface area contributed by atoms with E-state index in [9.17, 15) is 4.79 Å². The lowest BCUT2D eigenvalue weighted by Crippen LogP contribution is -2.52. The Labute approximate surface area is 172 Å². The van der Waals surface area contributed by atoms with Gasteiger partial charge in [0.2, 0.25) is 5.91 Å². The second-order valence-corrected chi connectivity index (χ2v) is 6.96. The van der Waals surface area contributed by atoms with Crippen molar-refractivity contribution < 1.29 is 19.0 Å². The minimum atomic E-state index is -0.221.